The van der Waals surface area contributed by atoms with Gasteiger partial charge in [0.05, 0.1) is 20.9 Å². The standard InChI is InChI=1S/C25H32N4O4/c1-32-21-9-8-19(16-22(21)33-2)10-13-27-23(30)17-28-18-29(20-6-4-3-5-7-20)25(24(28)31)11-14-26-15-12-25/h3-9,16,26H,10-15,17-18H2,1-2H3,(H,27,30). The summed E-state index contributed by atoms with van der Waals surface area (Å²) >= 11 is 0. The molecule has 0 aliphatic carbocycles. The Morgan fingerprint density at radius 1 is 1.06 bits per heavy atom. The number of nitrogens with one attached hydrogen (secondary N) is 2. The lowest BCUT2D eigenvalue weighted by Crippen LogP contribution is -2.55. The molecule has 2 aliphatic rings. The number of hydrogen-bond donors (Lipinski definition) is 2. The minimum atomic E-state index is -0.577. The quantitative estimate of drug-likeness (QED) is 0.636. The van der Waals surface area contributed by atoms with Gasteiger partial charge in [-0.15, -0.1) is 0 Å². The molecule has 0 aromatic heterocycles. The number of amides is 2. The summed E-state index contributed by atoms with van der Waals surface area (Å²) in [5.41, 5.74) is 1.48. The van der Waals surface area contributed by atoms with E-state index in [-0.39, 0.29) is 18.4 Å². The minimum Gasteiger partial charge on any atom is -0.493 e. The summed E-state index contributed by atoms with van der Waals surface area (Å²) in [4.78, 5) is 30.0. The van der Waals surface area contributed by atoms with E-state index < -0.39 is 5.54 Å². The first-order chi connectivity index (χ1) is 16.1. The Balaban J connectivity index is 1.37. The van der Waals surface area contributed by atoms with Crippen molar-refractivity contribution in [2.45, 2.75) is 24.8 Å². The average molecular weight is 453 g/mol. The van der Waals surface area contributed by atoms with Gasteiger partial charge in [-0.2, -0.15) is 0 Å². The van der Waals surface area contributed by atoms with Crippen LogP contribution in [0.1, 0.15) is 18.4 Å². The SMILES string of the molecule is COc1ccc(CCNC(=O)CN2CN(c3ccccc3)C3(CCNCC3)C2=O)cc1OC. The van der Waals surface area contributed by atoms with Crippen LogP contribution in [0.2, 0.25) is 0 Å². The predicted octanol–water partition coefficient (Wildman–Crippen LogP) is 1.79. The molecule has 8 nitrogen and oxygen atoms in total. The summed E-state index contributed by atoms with van der Waals surface area (Å²) in [5.74, 6) is 1.23. The molecule has 0 radical (unpaired) electrons. The fraction of sp³-hybridized carbons (Fsp3) is 0.440. The summed E-state index contributed by atoms with van der Waals surface area (Å²) in [5, 5.41) is 6.30. The molecule has 8 heteroatoms. The van der Waals surface area contributed by atoms with Gasteiger partial charge in [-0.25, -0.2) is 0 Å². The lowest BCUT2D eigenvalue weighted by Gasteiger charge is -2.40. The third kappa shape index (κ3) is 4.75. The molecule has 2 aliphatic heterocycles. The van der Waals surface area contributed by atoms with Crippen molar-refractivity contribution in [1.29, 1.82) is 0 Å². The van der Waals surface area contributed by atoms with E-state index in [4.69, 9.17) is 9.47 Å². The van der Waals surface area contributed by atoms with Crippen molar-refractivity contribution in [3.63, 3.8) is 0 Å². The number of para-hydroxylation sites is 1. The van der Waals surface area contributed by atoms with E-state index in [0.717, 1.165) is 37.2 Å². The maximum absolute atomic E-state index is 13.5. The molecule has 2 N–H and O–H groups in total. The molecule has 0 bridgehead atoms. The highest BCUT2D eigenvalue weighted by atomic mass is 16.5. The summed E-state index contributed by atoms with van der Waals surface area (Å²) in [7, 11) is 3.20. The molecular weight excluding hydrogens is 420 g/mol. The Hall–Kier alpha value is -3.26. The van der Waals surface area contributed by atoms with Gasteiger partial charge in [0.2, 0.25) is 11.8 Å². The molecule has 2 fully saturated rings. The number of hydrogen-bond acceptors (Lipinski definition) is 6. The molecule has 2 amide bonds. The second-order valence-corrected chi connectivity index (χ2v) is 8.48. The van der Waals surface area contributed by atoms with Gasteiger partial charge in [0, 0.05) is 12.2 Å². The molecule has 2 aromatic rings. The molecule has 2 aromatic carbocycles. The highest BCUT2D eigenvalue weighted by Crippen LogP contribution is 2.37. The number of carbonyl (C=O) groups is 2. The van der Waals surface area contributed by atoms with Crippen molar-refractivity contribution >= 4 is 17.5 Å². The maximum Gasteiger partial charge on any atom is 0.250 e. The fourth-order valence-electron chi connectivity index (χ4n) is 4.77. The van der Waals surface area contributed by atoms with Crippen molar-refractivity contribution in [2.24, 2.45) is 0 Å². The maximum atomic E-state index is 13.5. The first-order valence-electron chi connectivity index (χ1n) is 11.4. The van der Waals surface area contributed by atoms with E-state index in [0.29, 0.717) is 31.1 Å². The summed E-state index contributed by atoms with van der Waals surface area (Å²) in [6, 6.07) is 15.7. The van der Waals surface area contributed by atoms with Crippen LogP contribution in [0.4, 0.5) is 5.69 Å². The largest absolute Gasteiger partial charge is 0.493 e. The Labute approximate surface area is 194 Å². The van der Waals surface area contributed by atoms with Crippen LogP contribution >= 0.6 is 0 Å². The van der Waals surface area contributed by atoms with Crippen LogP contribution in [0.3, 0.4) is 0 Å². The normalized spacial score (nSPS) is 17.3. The molecular formula is C25H32N4O4. The van der Waals surface area contributed by atoms with Crippen molar-refractivity contribution in [3.05, 3.63) is 54.1 Å². The van der Waals surface area contributed by atoms with Gasteiger partial charge < -0.3 is 29.9 Å². The second kappa shape index (κ2) is 10.1. The van der Waals surface area contributed by atoms with Crippen molar-refractivity contribution in [3.8, 4) is 11.5 Å². The number of anilines is 1. The smallest absolute Gasteiger partial charge is 0.250 e. The molecule has 0 atom stereocenters. The number of piperidine rings is 1. The van der Waals surface area contributed by atoms with E-state index in [2.05, 4.69) is 15.5 Å². The van der Waals surface area contributed by atoms with E-state index >= 15 is 0 Å². The zero-order valence-electron chi connectivity index (χ0n) is 19.3. The lowest BCUT2D eigenvalue weighted by molar-refractivity contribution is -0.136. The van der Waals surface area contributed by atoms with E-state index in [1.165, 1.54) is 0 Å². The lowest BCUT2D eigenvalue weighted by atomic mass is 9.86. The third-order valence-corrected chi connectivity index (χ3v) is 6.53. The summed E-state index contributed by atoms with van der Waals surface area (Å²) < 4.78 is 10.6. The fourth-order valence-corrected chi connectivity index (χ4v) is 4.77. The molecule has 33 heavy (non-hydrogen) atoms. The van der Waals surface area contributed by atoms with Gasteiger partial charge in [-0.05, 0) is 62.2 Å². The molecule has 4 rings (SSSR count). The molecule has 2 saturated heterocycles. The predicted molar refractivity (Wildman–Crippen MR) is 127 cm³/mol. The van der Waals surface area contributed by atoms with Crippen LogP contribution in [-0.2, 0) is 16.0 Å². The van der Waals surface area contributed by atoms with Crippen LogP contribution in [0.5, 0.6) is 11.5 Å². The Kier molecular flexibility index (Phi) is 7.03. The molecule has 0 saturated carbocycles. The number of nitrogens with zero attached hydrogens (tertiary/aromatic N) is 2. The van der Waals surface area contributed by atoms with Gasteiger partial charge in [-0.3, -0.25) is 9.59 Å². The highest BCUT2D eigenvalue weighted by Gasteiger charge is 2.52. The van der Waals surface area contributed by atoms with E-state index in [9.17, 15) is 9.59 Å². The minimum absolute atomic E-state index is 0.0443. The molecule has 0 unspecified atom stereocenters. The Morgan fingerprint density at radius 2 is 1.79 bits per heavy atom. The topological polar surface area (TPSA) is 83.1 Å². The monoisotopic (exact) mass is 452 g/mol. The molecule has 2 heterocycles. The highest BCUT2D eigenvalue weighted by molar-refractivity contribution is 5.96. The summed E-state index contributed by atoms with van der Waals surface area (Å²) in [6.45, 7) is 2.55. The number of rotatable bonds is 8. The van der Waals surface area contributed by atoms with Gasteiger partial charge >= 0.3 is 0 Å². The number of methoxy groups -OCH3 is 2. The van der Waals surface area contributed by atoms with Gasteiger partial charge in [0.25, 0.3) is 0 Å². The number of benzene rings is 2. The molecule has 1 spiro atoms. The van der Waals surface area contributed by atoms with Gasteiger partial charge in [0.15, 0.2) is 11.5 Å². The average Bonchev–Trinajstić information content (AvgIpc) is 3.10. The number of ether oxygens (including phenoxy) is 2. The van der Waals surface area contributed by atoms with Crippen LogP contribution in [0, 0.1) is 0 Å². The van der Waals surface area contributed by atoms with Crippen LogP contribution in [-0.4, -0.2) is 69.3 Å². The van der Waals surface area contributed by atoms with Crippen LogP contribution < -0.4 is 25.0 Å². The first kappa shape index (κ1) is 22.9. The Morgan fingerprint density at radius 3 is 2.48 bits per heavy atom. The van der Waals surface area contributed by atoms with Gasteiger partial charge in [0.1, 0.15) is 12.1 Å². The first-order valence-corrected chi connectivity index (χ1v) is 11.4. The second-order valence-electron chi connectivity index (χ2n) is 8.48. The van der Waals surface area contributed by atoms with E-state index in [1.807, 2.05) is 48.5 Å². The summed E-state index contributed by atoms with van der Waals surface area (Å²) in [6.07, 6.45) is 2.13. The van der Waals surface area contributed by atoms with Crippen LogP contribution in [0.25, 0.3) is 0 Å². The van der Waals surface area contributed by atoms with Gasteiger partial charge in [-0.1, -0.05) is 24.3 Å². The van der Waals surface area contributed by atoms with E-state index in [1.54, 1.807) is 19.1 Å². The third-order valence-electron chi connectivity index (χ3n) is 6.53. The van der Waals surface area contributed by atoms with Crippen molar-refractivity contribution in [1.82, 2.24) is 15.5 Å². The zero-order valence-corrected chi connectivity index (χ0v) is 19.3. The zero-order chi connectivity index (χ0) is 23.3. The van der Waals surface area contributed by atoms with Crippen molar-refractivity contribution < 1.29 is 19.1 Å². The number of carbonyl (C=O) groups excluding carboxylic acids is 2. The van der Waals surface area contributed by atoms with Crippen LogP contribution in [0.15, 0.2) is 48.5 Å². The van der Waals surface area contributed by atoms with Crippen molar-refractivity contribution in [2.75, 3.05) is 52.0 Å². The Bertz CT molecular complexity index is 976. The molecule has 176 valence electrons.